The van der Waals surface area contributed by atoms with Gasteiger partial charge in [-0.3, -0.25) is 9.69 Å². The fourth-order valence-corrected chi connectivity index (χ4v) is 1.35. The fourth-order valence-electron chi connectivity index (χ4n) is 1.35. The van der Waals surface area contributed by atoms with Crippen molar-refractivity contribution in [3.8, 4) is 5.75 Å². The minimum absolute atomic E-state index is 0.0364. The Morgan fingerprint density at radius 3 is 2.65 bits per heavy atom. The summed E-state index contributed by atoms with van der Waals surface area (Å²) in [5.41, 5.74) is 0.706. The van der Waals surface area contributed by atoms with Crippen molar-refractivity contribution in [2.45, 2.75) is 19.9 Å². The Labute approximate surface area is 103 Å². The molecule has 1 amide bonds. The first-order valence-corrected chi connectivity index (χ1v) is 5.67. The molecule has 0 unspecified atom stereocenters. The Balaban J connectivity index is 2.62. The van der Waals surface area contributed by atoms with Gasteiger partial charge in [0.05, 0.1) is 19.3 Å². The maximum Gasteiger partial charge on any atom is 0.238 e. The van der Waals surface area contributed by atoms with Crippen LogP contribution in [-0.2, 0) is 4.79 Å². The molecule has 1 N–H and O–H groups in total. The predicted molar refractivity (Wildman–Crippen MR) is 69.4 cm³/mol. The number of hydrogen-bond donors (Lipinski definition) is 1. The summed E-state index contributed by atoms with van der Waals surface area (Å²) in [6.07, 6.45) is 0. The van der Waals surface area contributed by atoms with Gasteiger partial charge in [0.1, 0.15) is 5.75 Å². The summed E-state index contributed by atoms with van der Waals surface area (Å²) >= 11 is 0. The summed E-state index contributed by atoms with van der Waals surface area (Å²) < 4.78 is 5.17. The lowest BCUT2D eigenvalue weighted by atomic mass is 10.3. The largest absolute Gasteiger partial charge is 0.495 e. The molecular formula is C13H20N2O2. The molecule has 1 aromatic rings. The molecule has 0 atom stereocenters. The summed E-state index contributed by atoms with van der Waals surface area (Å²) in [5, 5.41) is 2.84. The van der Waals surface area contributed by atoms with Gasteiger partial charge in [0.2, 0.25) is 5.91 Å². The molecule has 0 radical (unpaired) electrons. The highest BCUT2D eigenvalue weighted by molar-refractivity contribution is 5.93. The molecule has 94 valence electrons. The maximum atomic E-state index is 11.8. The number of anilines is 1. The van der Waals surface area contributed by atoms with Crippen LogP contribution in [0, 0.1) is 0 Å². The molecule has 0 aliphatic heterocycles. The first kappa shape index (κ1) is 13.5. The highest BCUT2D eigenvalue weighted by atomic mass is 16.5. The first-order valence-electron chi connectivity index (χ1n) is 5.67. The van der Waals surface area contributed by atoms with Crippen molar-refractivity contribution in [2.24, 2.45) is 0 Å². The lowest BCUT2D eigenvalue weighted by molar-refractivity contribution is -0.117. The molecular weight excluding hydrogens is 216 g/mol. The van der Waals surface area contributed by atoms with Gasteiger partial charge in [0.15, 0.2) is 0 Å². The number of rotatable bonds is 5. The van der Waals surface area contributed by atoms with Crippen LogP contribution in [0.1, 0.15) is 13.8 Å². The Morgan fingerprint density at radius 1 is 1.41 bits per heavy atom. The van der Waals surface area contributed by atoms with E-state index >= 15 is 0 Å². The summed E-state index contributed by atoms with van der Waals surface area (Å²) in [6, 6.07) is 7.73. The van der Waals surface area contributed by atoms with E-state index in [0.717, 1.165) is 0 Å². The van der Waals surface area contributed by atoms with E-state index in [4.69, 9.17) is 4.74 Å². The molecule has 0 fully saturated rings. The number of para-hydroxylation sites is 2. The third-order valence-corrected chi connectivity index (χ3v) is 2.66. The van der Waals surface area contributed by atoms with Gasteiger partial charge in [-0.1, -0.05) is 12.1 Å². The SMILES string of the molecule is COc1ccccc1NC(=O)CN(C)C(C)C. The lowest BCUT2D eigenvalue weighted by Gasteiger charge is -2.20. The number of nitrogens with one attached hydrogen (secondary N) is 1. The predicted octanol–water partition coefficient (Wildman–Crippen LogP) is 1.97. The topological polar surface area (TPSA) is 41.6 Å². The van der Waals surface area contributed by atoms with E-state index in [1.54, 1.807) is 7.11 Å². The van der Waals surface area contributed by atoms with Crippen LogP contribution in [-0.4, -0.2) is 37.6 Å². The zero-order chi connectivity index (χ0) is 12.8. The van der Waals surface area contributed by atoms with Crippen LogP contribution in [0.3, 0.4) is 0 Å². The van der Waals surface area contributed by atoms with E-state index < -0.39 is 0 Å². The van der Waals surface area contributed by atoms with Crippen molar-refractivity contribution in [2.75, 3.05) is 26.0 Å². The second kappa shape index (κ2) is 6.25. The molecule has 0 aliphatic rings. The standard InChI is InChI=1S/C13H20N2O2/c1-10(2)15(3)9-13(16)14-11-7-5-6-8-12(11)17-4/h5-8,10H,9H2,1-4H3,(H,14,16). The van der Waals surface area contributed by atoms with Crippen LogP contribution in [0.5, 0.6) is 5.75 Å². The van der Waals surface area contributed by atoms with E-state index in [-0.39, 0.29) is 5.91 Å². The number of carbonyl (C=O) groups is 1. The molecule has 4 nitrogen and oxygen atoms in total. The van der Waals surface area contributed by atoms with Crippen LogP contribution < -0.4 is 10.1 Å². The number of carbonyl (C=O) groups excluding carboxylic acids is 1. The van der Waals surface area contributed by atoms with Gasteiger partial charge < -0.3 is 10.1 Å². The van der Waals surface area contributed by atoms with Gasteiger partial charge >= 0.3 is 0 Å². The fraction of sp³-hybridized carbons (Fsp3) is 0.462. The molecule has 0 bridgehead atoms. The zero-order valence-electron chi connectivity index (χ0n) is 10.9. The molecule has 4 heteroatoms. The van der Waals surface area contributed by atoms with E-state index in [0.29, 0.717) is 24.0 Å². The second-order valence-corrected chi connectivity index (χ2v) is 4.26. The van der Waals surface area contributed by atoms with E-state index in [1.165, 1.54) is 0 Å². The Hall–Kier alpha value is -1.55. The Morgan fingerprint density at radius 2 is 2.06 bits per heavy atom. The summed E-state index contributed by atoms with van der Waals surface area (Å²) in [5.74, 6) is 0.638. The number of ether oxygens (including phenoxy) is 1. The van der Waals surface area contributed by atoms with Crippen molar-refractivity contribution >= 4 is 11.6 Å². The molecule has 0 heterocycles. The number of benzene rings is 1. The molecule has 1 rings (SSSR count). The Bertz CT molecular complexity index is 377. The second-order valence-electron chi connectivity index (χ2n) is 4.26. The summed E-state index contributed by atoms with van der Waals surface area (Å²) in [4.78, 5) is 13.8. The highest BCUT2D eigenvalue weighted by Gasteiger charge is 2.11. The summed E-state index contributed by atoms with van der Waals surface area (Å²) in [6.45, 7) is 4.47. The van der Waals surface area contributed by atoms with Crippen molar-refractivity contribution < 1.29 is 9.53 Å². The third-order valence-electron chi connectivity index (χ3n) is 2.66. The number of hydrogen-bond acceptors (Lipinski definition) is 3. The van der Waals surface area contributed by atoms with E-state index in [9.17, 15) is 4.79 Å². The van der Waals surface area contributed by atoms with Crippen molar-refractivity contribution in [3.63, 3.8) is 0 Å². The molecule has 0 aromatic heterocycles. The van der Waals surface area contributed by atoms with Gasteiger partial charge in [-0.25, -0.2) is 0 Å². The smallest absolute Gasteiger partial charge is 0.238 e. The van der Waals surface area contributed by atoms with Gasteiger partial charge in [-0.15, -0.1) is 0 Å². The quantitative estimate of drug-likeness (QED) is 0.850. The van der Waals surface area contributed by atoms with Crippen LogP contribution in [0.25, 0.3) is 0 Å². The van der Waals surface area contributed by atoms with Gasteiger partial charge in [-0.05, 0) is 33.0 Å². The average molecular weight is 236 g/mol. The molecule has 0 aliphatic carbocycles. The minimum atomic E-state index is -0.0364. The third kappa shape index (κ3) is 4.07. The van der Waals surface area contributed by atoms with Crippen LogP contribution in [0.15, 0.2) is 24.3 Å². The molecule has 0 saturated heterocycles. The van der Waals surface area contributed by atoms with Gasteiger partial charge in [-0.2, -0.15) is 0 Å². The van der Waals surface area contributed by atoms with Crippen molar-refractivity contribution in [1.82, 2.24) is 4.90 Å². The normalized spacial score (nSPS) is 10.7. The zero-order valence-corrected chi connectivity index (χ0v) is 10.9. The lowest BCUT2D eigenvalue weighted by Crippen LogP contribution is -2.34. The molecule has 0 spiro atoms. The Kier molecular flexibility index (Phi) is 4.97. The van der Waals surface area contributed by atoms with Crippen LogP contribution in [0.2, 0.25) is 0 Å². The monoisotopic (exact) mass is 236 g/mol. The van der Waals surface area contributed by atoms with E-state index in [2.05, 4.69) is 19.2 Å². The minimum Gasteiger partial charge on any atom is -0.495 e. The number of methoxy groups -OCH3 is 1. The van der Waals surface area contributed by atoms with E-state index in [1.807, 2.05) is 36.2 Å². The number of nitrogens with zero attached hydrogens (tertiary/aromatic N) is 1. The first-order chi connectivity index (χ1) is 8.04. The molecule has 1 aromatic carbocycles. The molecule has 0 saturated carbocycles. The van der Waals surface area contributed by atoms with Crippen molar-refractivity contribution in [3.05, 3.63) is 24.3 Å². The molecule has 17 heavy (non-hydrogen) atoms. The van der Waals surface area contributed by atoms with Crippen LogP contribution >= 0.6 is 0 Å². The van der Waals surface area contributed by atoms with Crippen molar-refractivity contribution in [1.29, 1.82) is 0 Å². The number of likely N-dealkylation sites (N-methyl/N-ethyl adjacent to an activating group) is 1. The van der Waals surface area contributed by atoms with Crippen LogP contribution in [0.4, 0.5) is 5.69 Å². The summed E-state index contributed by atoms with van der Waals surface area (Å²) in [7, 11) is 3.51. The van der Waals surface area contributed by atoms with Gasteiger partial charge in [0, 0.05) is 6.04 Å². The highest BCUT2D eigenvalue weighted by Crippen LogP contribution is 2.22. The van der Waals surface area contributed by atoms with Gasteiger partial charge in [0.25, 0.3) is 0 Å². The maximum absolute atomic E-state index is 11.8. The average Bonchev–Trinajstić information content (AvgIpc) is 2.29. The number of amides is 1.